The minimum atomic E-state index is -4.17. The average molecular weight is 625 g/mol. The van der Waals surface area contributed by atoms with Gasteiger partial charge >= 0.3 is 0 Å². The number of carbonyl (C=O) groups excluding carboxylic acids is 2. The molecule has 0 bridgehead atoms. The summed E-state index contributed by atoms with van der Waals surface area (Å²) in [7, 11) is -4.17. The number of halogens is 3. The number of rotatable bonds is 12. The Balaban J connectivity index is 2.05. The van der Waals surface area contributed by atoms with E-state index in [0.29, 0.717) is 33.6 Å². The first kappa shape index (κ1) is 31.7. The SMILES string of the molecule is CC[C@@H](C(=O)NCC(C)C)N(Cc1ccc(Cl)c(Cl)c1)C(=O)CN(c1cccc(Cl)c1)S(=O)(=O)c1ccccc1. The lowest BCUT2D eigenvalue weighted by Gasteiger charge is -2.33. The van der Waals surface area contributed by atoms with E-state index in [1.165, 1.54) is 23.1 Å². The topological polar surface area (TPSA) is 86.8 Å². The second-order valence-electron chi connectivity index (χ2n) is 9.64. The Morgan fingerprint density at radius 3 is 2.20 bits per heavy atom. The van der Waals surface area contributed by atoms with Crippen LogP contribution >= 0.6 is 34.8 Å². The van der Waals surface area contributed by atoms with E-state index >= 15 is 0 Å². The number of amides is 2. The molecule has 214 valence electrons. The largest absolute Gasteiger partial charge is 0.354 e. The molecule has 0 aliphatic heterocycles. The van der Waals surface area contributed by atoms with Gasteiger partial charge in [0.05, 0.1) is 20.6 Å². The molecule has 3 aromatic carbocycles. The lowest BCUT2D eigenvalue weighted by Crippen LogP contribution is -2.52. The Morgan fingerprint density at radius 2 is 1.60 bits per heavy atom. The second-order valence-corrected chi connectivity index (χ2v) is 12.8. The van der Waals surface area contributed by atoms with Crippen molar-refractivity contribution in [3.05, 3.63) is 93.4 Å². The van der Waals surface area contributed by atoms with Gasteiger partial charge in [-0.2, -0.15) is 0 Å². The standard InChI is InChI=1S/C29H32Cl3N3O4S/c1-4-27(29(37)33-17-20(2)3)34(18-21-13-14-25(31)26(32)15-21)28(36)19-35(23-10-8-9-22(30)16-23)40(38,39)24-11-6-5-7-12-24/h5-16,20,27H,4,17-19H2,1-3H3,(H,33,37)/t27-/m0/s1. The van der Waals surface area contributed by atoms with E-state index in [4.69, 9.17) is 34.8 Å². The van der Waals surface area contributed by atoms with Crippen LogP contribution in [0.4, 0.5) is 5.69 Å². The van der Waals surface area contributed by atoms with Crippen LogP contribution in [0, 0.1) is 5.92 Å². The average Bonchev–Trinajstić information content (AvgIpc) is 2.92. The lowest BCUT2D eigenvalue weighted by molar-refractivity contribution is -0.140. The summed E-state index contributed by atoms with van der Waals surface area (Å²) in [5.74, 6) is -0.697. The van der Waals surface area contributed by atoms with Crippen molar-refractivity contribution in [3.8, 4) is 0 Å². The van der Waals surface area contributed by atoms with Crippen molar-refractivity contribution in [1.29, 1.82) is 0 Å². The van der Waals surface area contributed by atoms with E-state index in [-0.39, 0.29) is 29.0 Å². The molecule has 0 radical (unpaired) electrons. The molecule has 40 heavy (non-hydrogen) atoms. The molecule has 0 unspecified atom stereocenters. The Labute approximate surface area is 251 Å². The Hall–Kier alpha value is -2.78. The molecule has 0 spiro atoms. The third-order valence-electron chi connectivity index (χ3n) is 6.11. The van der Waals surface area contributed by atoms with Crippen LogP contribution < -0.4 is 9.62 Å². The van der Waals surface area contributed by atoms with Crippen molar-refractivity contribution < 1.29 is 18.0 Å². The van der Waals surface area contributed by atoms with E-state index < -0.39 is 28.5 Å². The zero-order chi connectivity index (χ0) is 29.4. The van der Waals surface area contributed by atoms with E-state index in [9.17, 15) is 18.0 Å². The monoisotopic (exact) mass is 623 g/mol. The highest BCUT2D eigenvalue weighted by Gasteiger charge is 2.33. The maximum absolute atomic E-state index is 14.0. The number of benzene rings is 3. The van der Waals surface area contributed by atoms with Gasteiger partial charge in [-0.3, -0.25) is 13.9 Å². The summed E-state index contributed by atoms with van der Waals surface area (Å²) in [6.45, 7) is 5.62. The van der Waals surface area contributed by atoms with E-state index in [2.05, 4.69) is 5.32 Å². The van der Waals surface area contributed by atoms with Gasteiger partial charge in [0.2, 0.25) is 11.8 Å². The minimum absolute atomic E-state index is 0.0120. The molecular formula is C29H32Cl3N3O4S. The van der Waals surface area contributed by atoms with Gasteiger partial charge < -0.3 is 10.2 Å². The molecule has 0 aliphatic rings. The predicted octanol–water partition coefficient (Wildman–Crippen LogP) is 6.42. The predicted molar refractivity (Wildman–Crippen MR) is 161 cm³/mol. The first-order chi connectivity index (χ1) is 18.9. The molecule has 0 saturated carbocycles. The molecule has 0 fully saturated rings. The van der Waals surface area contributed by atoms with E-state index in [0.717, 1.165) is 4.31 Å². The highest BCUT2D eigenvalue weighted by Crippen LogP contribution is 2.28. The van der Waals surface area contributed by atoms with Crippen LogP contribution in [-0.2, 0) is 26.2 Å². The summed E-state index contributed by atoms with van der Waals surface area (Å²) in [5, 5.41) is 3.86. The van der Waals surface area contributed by atoms with Gasteiger partial charge in [-0.05, 0) is 60.4 Å². The minimum Gasteiger partial charge on any atom is -0.354 e. The first-order valence-electron chi connectivity index (χ1n) is 12.8. The number of anilines is 1. The normalized spacial score (nSPS) is 12.2. The van der Waals surface area contributed by atoms with Gasteiger partial charge in [-0.25, -0.2) is 8.42 Å². The maximum Gasteiger partial charge on any atom is 0.264 e. The van der Waals surface area contributed by atoms with Crippen molar-refractivity contribution in [3.63, 3.8) is 0 Å². The number of sulfonamides is 1. The van der Waals surface area contributed by atoms with Crippen LogP contribution in [0.2, 0.25) is 15.1 Å². The molecule has 0 aromatic heterocycles. The molecule has 1 atom stereocenters. The van der Waals surface area contributed by atoms with Crippen molar-refractivity contribution in [2.24, 2.45) is 5.92 Å². The van der Waals surface area contributed by atoms with Crippen LogP contribution in [0.1, 0.15) is 32.8 Å². The van der Waals surface area contributed by atoms with E-state index in [1.807, 2.05) is 13.8 Å². The van der Waals surface area contributed by atoms with Gasteiger partial charge in [0, 0.05) is 18.1 Å². The number of nitrogens with one attached hydrogen (secondary N) is 1. The third-order valence-corrected chi connectivity index (χ3v) is 8.88. The Kier molecular flexibility index (Phi) is 11.3. The number of nitrogens with zero attached hydrogens (tertiary/aromatic N) is 2. The molecule has 0 saturated heterocycles. The molecule has 3 rings (SSSR count). The van der Waals surface area contributed by atoms with Gasteiger partial charge in [-0.15, -0.1) is 0 Å². The van der Waals surface area contributed by atoms with Crippen molar-refractivity contribution in [1.82, 2.24) is 10.2 Å². The highest BCUT2D eigenvalue weighted by molar-refractivity contribution is 7.92. The Bertz CT molecular complexity index is 1440. The highest BCUT2D eigenvalue weighted by atomic mass is 35.5. The zero-order valence-electron chi connectivity index (χ0n) is 22.5. The van der Waals surface area contributed by atoms with Crippen LogP contribution in [0.25, 0.3) is 0 Å². The Morgan fingerprint density at radius 1 is 0.900 bits per heavy atom. The quantitative estimate of drug-likeness (QED) is 0.252. The fourth-order valence-corrected chi connectivity index (χ4v) is 5.99. The molecule has 0 heterocycles. The summed E-state index contributed by atoms with van der Waals surface area (Å²) in [4.78, 5) is 28.7. The van der Waals surface area contributed by atoms with Crippen LogP contribution in [-0.4, -0.2) is 44.3 Å². The maximum atomic E-state index is 14.0. The summed E-state index contributed by atoms with van der Waals surface area (Å²) in [6, 6.07) is 18.2. The lowest BCUT2D eigenvalue weighted by atomic mass is 10.1. The third kappa shape index (κ3) is 8.13. The fraction of sp³-hybridized carbons (Fsp3) is 0.310. The van der Waals surface area contributed by atoms with Crippen molar-refractivity contribution >= 4 is 62.3 Å². The molecule has 2 amide bonds. The summed E-state index contributed by atoms with van der Waals surface area (Å²) >= 11 is 18.5. The zero-order valence-corrected chi connectivity index (χ0v) is 25.6. The fourth-order valence-electron chi connectivity index (χ4n) is 4.06. The summed E-state index contributed by atoms with van der Waals surface area (Å²) in [6.07, 6.45) is 0.305. The molecule has 0 aliphatic carbocycles. The van der Waals surface area contributed by atoms with Gasteiger partial charge in [0.1, 0.15) is 12.6 Å². The summed E-state index contributed by atoms with van der Waals surface area (Å²) < 4.78 is 28.6. The first-order valence-corrected chi connectivity index (χ1v) is 15.4. The van der Waals surface area contributed by atoms with Gasteiger partial charge in [0.25, 0.3) is 10.0 Å². The number of carbonyl (C=O) groups is 2. The molecule has 1 N–H and O–H groups in total. The number of hydrogen-bond acceptors (Lipinski definition) is 4. The smallest absolute Gasteiger partial charge is 0.264 e. The van der Waals surface area contributed by atoms with Gasteiger partial charge in [-0.1, -0.05) is 85.9 Å². The van der Waals surface area contributed by atoms with Crippen LogP contribution in [0.5, 0.6) is 0 Å². The van der Waals surface area contributed by atoms with Crippen molar-refractivity contribution in [2.45, 2.75) is 44.7 Å². The molecule has 7 nitrogen and oxygen atoms in total. The van der Waals surface area contributed by atoms with E-state index in [1.54, 1.807) is 61.5 Å². The molecular weight excluding hydrogens is 593 g/mol. The summed E-state index contributed by atoms with van der Waals surface area (Å²) in [5.41, 5.74) is 0.856. The van der Waals surface area contributed by atoms with Crippen LogP contribution in [0.15, 0.2) is 77.7 Å². The van der Waals surface area contributed by atoms with Gasteiger partial charge in [0.15, 0.2) is 0 Å². The van der Waals surface area contributed by atoms with Crippen molar-refractivity contribution in [2.75, 3.05) is 17.4 Å². The molecule has 3 aromatic rings. The molecule has 11 heteroatoms. The number of hydrogen-bond donors (Lipinski definition) is 1. The second kappa shape index (κ2) is 14.2. The van der Waals surface area contributed by atoms with Crippen LogP contribution in [0.3, 0.4) is 0 Å².